The van der Waals surface area contributed by atoms with Crippen molar-refractivity contribution < 1.29 is 22.9 Å². The Bertz CT molecular complexity index is 437. The second kappa shape index (κ2) is 4.41. The number of carbonyl (C=O) groups is 1. The molecule has 0 spiro atoms. The van der Waals surface area contributed by atoms with Crippen molar-refractivity contribution in [3.05, 3.63) is 35.9 Å². The minimum Gasteiger partial charge on any atom is -0.481 e. The lowest BCUT2D eigenvalue weighted by atomic mass is 10.0. The molecule has 1 atom stereocenters. The molecule has 0 saturated heterocycles. The van der Waals surface area contributed by atoms with Crippen LogP contribution < -0.4 is 0 Å². The largest absolute Gasteiger partial charge is 0.481 e. The molecular weight excluding hydrogens is 220 g/mol. The van der Waals surface area contributed by atoms with E-state index >= 15 is 0 Å². The topological polar surface area (TPSA) is 91.7 Å². The van der Waals surface area contributed by atoms with Crippen molar-refractivity contribution in [3.8, 4) is 0 Å². The summed E-state index contributed by atoms with van der Waals surface area (Å²) in [5, 5.41) is 8.81. The zero-order chi connectivity index (χ0) is 11.5. The number of hydrogen-bond donors (Lipinski definition) is 2. The van der Waals surface area contributed by atoms with Crippen LogP contribution in [0.25, 0.3) is 0 Å². The van der Waals surface area contributed by atoms with E-state index in [0.29, 0.717) is 5.56 Å². The lowest BCUT2D eigenvalue weighted by Gasteiger charge is -2.10. The zero-order valence-corrected chi connectivity index (χ0v) is 8.52. The molecular formula is C9H10O5S. The van der Waals surface area contributed by atoms with Crippen LogP contribution in [0.1, 0.15) is 11.5 Å². The van der Waals surface area contributed by atoms with Gasteiger partial charge in [0.25, 0.3) is 10.1 Å². The van der Waals surface area contributed by atoms with Gasteiger partial charge < -0.3 is 5.11 Å². The highest BCUT2D eigenvalue weighted by Crippen LogP contribution is 2.17. The van der Waals surface area contributed by atoms with Gasteiger partial charge in [-0.05, 0) is 5.56 Å². The van der Waals surface area contributed by atoms with E-state index in [4.69, 9.17) is 9.66 Å². The summed E-state index contributed by atoms with van der Waals surface area (Å²) in [7, 11) is -4.30. The molecule has 1 unspecified atom stereocenters. The van der Waals surface area contributed by atoms with Crippen LogP contribution in [0.5, 0.6) is 0 Å². The third kappa shape index (κ3) is 3.69. The second-order valence-corrected chi connectivity index (χ2v) is 4.55. The summed E-state index contributed by atoms with van der Waals surface area (Å²) in [6, 6.07) is 7.91. The van der Waals surface area contributed by atoms with Gasteiger partial charge in [0.2, 0.25) is 0 Å². The first-order valence-electron chi connectivity index (χ1n) is 4.13. The number of hydrogen-bond acceptors (Lipinski definition) is 3. The van der Waals surface area contributed by atoms with Gasteiger partial charge in [-0.2, -0.15) is 8.42 Å². The first-order chi connectivity index (χ1) is 6.90. The summed E-state index contributed by atoms with van der Waals surface area (Å²) in [6.45, 7) is 0. The standard InChI is InChI=1S/C9H10O5S/c10-9(11)8(6-15(12,13)14)7-4-2-1-3-5-7/h1-5,8H,6H2,(H,10,11)(H,12,13,14). The first kappa shape index (κ1) is 11.7. The highest BCUT2D eigenvalue weighted by molar-refractivity contribution is 7.85. The molecule has 0 fully saturated rings. The number of rotatable bonds is 4. The van der Waals surface area contributed by atoms with Crippen molar-refractivity contribution in [2.45, 2.75) is 5.92 Å². The van der Waals surface area contributed by atoms with Gasteiger partial charge in [-0.25, -0.2) is 0 Å². The molecule has 0 aliphatic carbocycles. The summed E-state index contributed by atoms with van der Waals surface area (Å²) in [5.74, 6) is -3.33. The van der Waals surface area contributed by atoms with E-state index < -0.39 is 27.8 Å². The van der Waals surface area contributed by atoms with Crippen LogP contribution in [0, 0.1) is 0 Å². The SMILES string of the molecule is O=C(O)C(CS(=O)(=O)O)c1ccccc1. The Kier molecular flexibility index (Phi) is 3.43. The van der Waals surface area contributed by atoms with Gasteiger partial charge in [-0.15, -0.1) is 0 Å². The lowest BCUT2D eigenvalue weighted by Crippen LogP contribution is -2.21. The molecule has 1 aromatic rings. The molecule has 82 valence electrons. The molecule has 0 bridgehead atoms. The highest BCUT2D eigenvalue weighted by atomic mass is 32.2. The van der Waals surface area contributed by atoms with E-state index in [2.05, 4.69) is 0 Å². The molecule has 0 saturated carbocycles. The molecule has 0 heterocycles. The fraction of sp³-hybridized carbons (Fsp3) is 0.222. The Morgan fingerprint density at radius 2 is 1.80 bits per heavy atom. The van der Waals surface area contributed by atoms with Crippen molar-refractivity contribution in [2.24, 2.45) is 0 Å². The molecule has 0 aliphatic heterocycles. The van der Waals surface area contributed by atoms with Crippen LogP contribution in [-0.2, 0) is 14.9 Å². The predicted molar refractivity (Wildman–Crippen MR) is 53.2 cm³/mol. The van der Waals surface area contributed by atoms with Gasteiger partial charge >= 0.3 is 5.97 Å². The molecule has 15 heavy (non-hydrogen) atoms. The molecule has 5 nitrogen and oxygen atoms in total. The van der Waals surface area contributed by atoms with Gasteiger partial charge in [0.1, 0.15) is 0 Å². The normalized spacial score (nSPS) is 13.4. The number of benzene rings is 1. The lowest BCUT2D eigenvalue weighted by molar-refractivity contribution is -0.138. The maximum atomic E-state index is 10.8. The number of aliphatic carboxylic acids is 1. The van der Waals surface area contributed by atoms with E-state index in [0.717, 1.165) is 0 Å². The molecule has 0 radical (unpaired) electrons. The van der Waals surface area contributed by atoms with Crippen LogP contribution >= 0.6 is 0 Å². The summed E-state index contributed by atoms with van der Waals surface area (Å²) in [5.41, 5.74) is 0.350. The van der Waals surface area contributed by atoms with E-state index in [1.807, 2.05) is 0 Å². The van der Waals surface area contributed by atoms with Gasteiger partial charge in [-0.1, -0.05) is 30.3 Å². The molecule has 1 rings (SSSR count). The molecule has 2 N–H and O–H groups in total. The van der Waals surface area contributed by atoms with Crippen LogP contribution in [-0.4, -0.2) is 29.8 Å². The maximum Gasteiger partial charge on any atom is 0.312 e. The van der Waals surface area contributed by atoms with Gasteiger partial charge in [-0.3, -0.25) is 9.35 Å². The summed E-state index contributed by atoms with van der Waals surface area (Å²) < 4.78 is 29.8. The maximum absolute atomic E-state index is 10.8. The van der Waals surface area contributed by atoms with E-state index in [1.54, 1.807) is 18.2 Å². The summed E-state index contributed by atoms with van der Waals surface area (Å²) in [4.78, 5) is 10.8. The van der Waals surface area contributed by atoms with Gasteiger partial charge in [0.05, 0.1) is 11.7 Å². The van der Waals surface area contributed by atoms with Crippen molar-refractivity contribution in [1.29, 1.82) is 0 Å². The average Bonchev–Trinajstić information content (AvgIpc) is 2.14. The smallest absolute Gasteiger partial charge is 0.312 e. The molecule has 6 heteroatoms. The monoisotopic (exact) mass is 230 g/mol. The second-order valence-electron chi connectivity index (χ2n) is 3.05. The van der Waals surface area contributed by atoms with Gasteiger partial charge in [0, 0.05) is 0 Å². The quantitative estimate of drug-likeness (QED) is 0.744. The van der Waals surface area contributed by atoms with Crippen molar-refractivity contribution in [2.75, 3.05) is 5.75 Å². The fourth-order valence-corrected chi connectivity index (χ4v) is 1.96. The van der Waals surface area contributed by atoms with Crippen LogP contribution in [0.15, 0.2) is 30.3 Å². The summed E-state index contributed by atoms with van der Waals surface area (Å²) >= 11 is 0. The van der Waals surface area contributed by atoms with Crippen molar-refractivity contribution >= 4 is 16.1 Å². The molecule has 0 aromatic heterocycles. The Morgan fingerprint density at radius 3 is 2.20 bits per heavy atom. The molecule has 1 aromatic carbocycles. The Balaban J connectivity index is 3.00. The third-order valence-electron chi connectivity index (χ3n) is 1.88. The van der Waals surface area contributed by atoms with E-state index in [-0.39, 0.29) is 0 Å². The van der Waals surface area contributed by atoms with Crippen LogP contribution in [0.2, 0.25) is 0 Å². The van der Waals surface area contributed by atoms with Crippen LogP contribution in [0.3, 0.4) is 0 Å². The van der Waals surface area contributed by atoms with Crippen molar-refractivity contribution in [3.63, 3.8) is 0 Å². The van der Waals surface area contributed by atoms with Crippen molar-refractivity contribution in [1.82, 2.24) is 0 Å². The zero-order valence-electron chi connectivity index (χ0n) is 7.70. The molecule has 0 amide bonds. The minimum absolute atomic E-state index is 0.350. The van der Waals surface area contributed by atoms with Crippen LogP contribution in [0.4, 0.5) is 0 Å². The minimum atomic E-state index is -4.30. The fourth-order valence-electron chi connectivity index (χ4n) is 1.21. The predicted octanol–water partition coefficient (Wildman–Crippen LogP) is 0.743. The Hall–Kier alpha value is -1.40. The Labute approximate surface area is 87.1 Å². The number of carboxylic acids is 1. The van der Waals surface area contributed by atoms with Gasteiger partial charge in [0.15, 0.2) is 0 Å². The van der Waals surface area contributed by atoms with E-state index in [1.165, 1.54) is 12.1 Å². The first-order valence-corrected chi connectivity index (χ1v) is 5.74. The number of carboxylic acid groups (broad SMARTS) is 1. The average molecular weight is 230 g/mol. The third-order valence-corrected chi connectivity index (χ3v) is 2.63. The molecule has 0 aliphatic rings. The summed E-state index contributed by atoms with van der Waals surface area (Å²) in [6.07, 6.45) is 0. The highest BCUT2D eigenvalue weighted by Gasteiger charge is 2.25. The Morgan fingerprint density at radius 1 is 1.27 bits per heavy atom. The van der Waals surface area contributed by atoms with E-state index in [9.17, 15) is 13.2 Å².